The molecule has 0 unspecified atom stereocenters. The Morgan fingerprint density at radius 1 is 0.411 bits per heavy atom. The van der Waals surface area contributed by atoms with Crippen molar-refractivity contribution in [3.05, 3.63) is 235 Å². The van der Waals surface area contributed by atoms with Crippen LogP contribution >= 0.6 is 56.7 Å². The van der Waals surface area contributed by atoms with Gasteiger partial charge < -0.3 is 45.0 Å². The predicted molar refractivity (Wildman–Crippen MR) is 574 cm³/mol. The number of ether oxygens (including phenoxy) is 2. The summed E-state index contributed by atoms with van der Waals surface area (Å²) in [4.78, 5) is 129. The van der Waals surface area contributed by atoms with E-state index in [1.807, 2.05) is 139 Å². The maximum atomic E-state index is 13.4. The molecule has 41 heteroatoms. The highest BCUT2D eigenvalue weighted by Crippen LogP contribution is 2.45. The van der Waals surface area contributed by atoms with Crippen molar-refractivity contribution in [2.24, 2.45) is 5.92 Å². The number of carbonyl (C=O) groups excluding carboxylic acids is 5. The average Bonchev–Trinajstić information content (AvgIpc) is 1.61. The van der Waals surface area contributed by atoms with Crippen LogP contribution in [-0.4, -0.2) is 297 Å². The molecule has 5 amide bonds. The van der Waals surface area contributed by atoms with Gasteiger partial charge in [-0.1, -0.05) is 85.2 Å². The summed E-state index contributed by atoms with van der Waals surface area (Å²) < 4.78 is 19.0. The van der Waals surface area contributed by atoms with Crippen molar-refractivity contribution in [3.8, 4) is 82.6 Å². The van der Waals surface area contributed by atoms with Gasteiger partial charge in [0.15, 0.2) is 0 Å². The molecule has 19 rings (SSSR count). The molecule has 0 spiro atoms. The van der Waals surface area contributed by atoms with Gasteiger partial charge >= 0.3 is 0 Å². The number of unbranched alkanes of at least 4 members (excludes halogenated alkanes) is 1. The molecule has 2 saturated carbocycles. The van der Waals surface area contributed by atoms with E-state index < -0.39 is 0 Å². The zero-order chi connectivity index (χ0) is 103. The van der Waals surface area contributed by atoms with E-state index in [1.54, 1.807) is 138 Å². The molecule has 0 radical (unpaired) electrons. The molecule has 4 aliphatic rings. The number of aryl methyl sites for hydroxylation is 3. The number of likely N-dealkylation sites (N-methyl/N-ethyl adjacent to an activating group) is 2. The Bertz CT molecular complexity index is 6720. The molecule has 2 aliphatic carbocycles. The summed E-state index contributed by atoms with van der Waals surface area (Å²) in [6.07, 6.45) is 25.8. The Morgan fingerprint density at radius 3 is 1.23 bits per heavy atom. The fourth-order valence-corrected chi connectivity index (χ4v) is 20.6. The highest BCUT2D eigenvalue weighted by molar-refractivity contribution is 7.14. The first-order chi connectivity index (χ1) is 71.1. The Kier molecular flexibility index (Phi) is 38.5. The number of rotatable bonds is 38. The van der Waals surface area contributed by atoms with E-state index in [4.69, 9.17) is 19.4 Å². The maximum absolute atomic E-state index is 13.4. The van der Waals surface area contributed by atoms with Crippen molar-refractivity contribution in [1.82, 2.24) is 144 Å². The zero-order valence-corrected chi connectivity index (χ0v) is 89.7. The number of hydrogen-bond donors (Lipinski definition) is 3. The third kappa shape index (κ3) is 27.3. The quantitative estimate of drug-likeness (QED) is 0.0323. The second-order valence-electron chi connectivity index (χ2n) is 36.5. The van der Waals surface area contributed by atoms with E-state index in [-0.39, 0.29) is 42.7 Å². The standard InChI is InChI=1S/C24H30N6OS.C22H28N6OS.C21H26N6O2S.C19H24N6O2S.C19H23N5OS/c1-3-4-9-28-10-12-29(13-11-28)23(31)19-16-26-30(22(19)18-7-8-18)24-25-15-17(2)21(27-24)20-6-5-14-32-20;1-4-27(5-2)11-10-23-21(29)17-14-25-28(20(17)16-8-9-16)22-24-13-15(3)19(26-22)18-7-6-12-30-18;1-3-8-25-9-11-26(12-10-25)20(28)16-14-23-27(18(16)15-29-2)21-22-7-6-17(24-21)19-5-4-13-30-19;1-4-24(2)10-9-20-18(26)14-12-22-25(16(14)13-27-3)19-21-8-7-15(23-19)17-6-5-11-28-17;1-12(2)7-8-20-18(25)15-11-22-24(14(15)4)19-21-10-13(3)17(23-19)16-6-5-9-26-16/h5-6,14-16,18H,3-4,7-13H2,1-2H3;6-7,12-14,16H,4-5,8-11H2,1-3H3,(H,23,29);4-7,13-14H,3,8-12,15H2,1-2H3;5-8,11-12H,4,9-10,13H2,1-3H3,(H,20,26);5-6,9-12H,7-8H2,1-4H3,(H,20,25). The van der Waals surface area contributed by atoms with Crippen LogP contribution in [-0.2, 0) is 22.7 Å². The highest BCUT2D eigenvalue weighted by Gasteiger charge is 2.38. The highest BCUT2D eigenvalue weighted by atomic mass is 32.1. The number of amides is 5. The second kappa shape index (κ2) is 52.4. The van der Waals surface area contributed by atoms with Gasteiger partial charge in [0.1, 0.15) is 0 Å². The summed E-state index contributed by atoms with van der Waals surface area (Å²) in [5.41, 5.74) is 14.3. The summed E-state index contributed by atoms with van der Waals surface area (Å²) >= 11 is 8.18. The molecular formula is C105H131N29O7S5. The van der Waals surface area contributed by atoms with Crippen LogP contribution in [0.4, 0.5) is 0 Å². The Labute approximate surface area is 872 Å². The molecule has 15 aromatic heterocycles. The fourth-order valence-electron chi connectivity index (χ4n) is 16.9. The van der Waals surface area contributed by atoms with Crippen LogP contribution in [0.5, 0.6) is 0 Å². The number of methoxy groups -OCH3 is 2. The second-order valence-corrected chi connectivity index (χ2v) is 41.2. The number of hydrogen-bond acceptors (Lipinski definition) is 31. The molecule has 15 aromatic rings. The topological polar surface area (TPSA) is 377 Å². The SMILES string of the molecule is CCCCN1CCN(C(=O)c2cnn(-c3ncc(C)c(-c4cccs4)n3)c2C2CC2)CC1.CCCN1CCN(C(=O)c2cnn(-c3nccc(-c4cccs4)n3)c2COC)CC1.CCN(C)CCNC(=O)c1cnn(-c2nccc(-c3cccs3)n2)c1COC.CCN(CC)CCNC(=O)c1cnn(-c2ncc(C)c(-c3cccs3)n2)c1C1CC1.Cc1cnc(-n2ncc(C(=O)NCCC(C)C)c2C)nc1-c1cccs1. The lowest BCUT2D eigenvalue weighted by molar-refractivity contribution is 0.0627. The number of nitrogens with zero attached hydrogens (tertiary/aromatic N) is 26. The van der Waals surface area contributed by atoms with Gasteiger partial charge in [-0.2, -0.15) is 34.9 Å². The van der Waals surface area contributed by atoms with Crippen LogP contribution in [0.1, 0.15) is 209 Å². The van der Waals surface area contributed by atoms with Crippen LogP contribution in [0.3, 0.4) is 0 Å². The third-order valence-electron chi connectivity index (χ3n) is 25.6. The molecule has 2 aliphatic heterocycles. The first-order valence-corrected chi connectivity index (χ1v) is 54.5. The van der Waals surface area contributed by atoms with Crippen LogP contribution in [0, 0.1) is 33.6 Å². The minimum absolute atomic E-state index is 0.0149. The van der Waals surface area contributed by atoms with Gasteiger partial charge in [0.2, 0.25) is 0 Å². The average molecular weight is 2070 g/mol. The van der Waals surface area contributed by atoms with Gasteiger partial charge in [-0.3, -0.25) is 33.8 Å². The van der Waals surface area contributed by atoms with E-state index in [0.717, 1.165) is 229 Å². The van der Waals surface area contributed by atoms with Crippen LogP contribution in [0.25, 0.3) is 82.6 Å². The Balaban J connectivity index is 0.000000137. The van der Waals surface area contributed by atoms with Gasteiger partial charge in [-0.25, -0.2) is 63.9 Å². The molecule has 17 heterocycles. The van der Waals surface area contributed by atoms with E-state index in [1.165, 1.54) is 19.0 Å². The number of nitrogens with one attached hydrogen (secondary N) is 3. The summed E-state index contributed by atoms with van der Waals surface area (Å²) in [5.74, 6) is 3.34. The van der Waals surface area contributed by atoms with Crippen LogP contribution in [0.2, 0.25) is 0 Å². The Morgan fingerprint density at radius 2 is 0.795 bits per heavy atom. The summed E-state index contributed by atoms with van der Waals surface area (Å²) in [6, 6.07) is 23.9. The van der Waals surface area contributed by atoms with E-state index >= 15 is 0 Å². The van der Waals surface area contributed by atoms with Gasteiger partial charge in [0.25, 0.3) is 59.3 Å². The molecule has 0 atom stereocenters. The largest absolute Gasteiger partial charge is 0.378 e. The number of piperazine rings is 2. The molecule has 2 saturated heterocycles. The molecular weight excluding hydrogens is 1940 g/mol. The maximum Gasteiger partial charge on any atom is 0.257 e. The molecule has 768 valence electrons. The van der Waals surface area contributed by atoms with Crippen LogP contribution in [0.15, 0.2) is 162 Å². The number of aromatic nitrogens is 20. The molecule has 0 bridgehead atoms. The first kappa shape index (κ1) is 107. The van der Waals surface area contributed by atoms with Gasteiger partial charge in [-0.15, -0.1) is 56.7 Å². The van der Waals surface area contributed by atoms with Crippen molar-refractivity contribution < 1.29 is 33.4 Å². The monoisotopic (exact) mass is 2070 g/mol. The van der Waals surface area contributed by atoms with Crippen molar-refractivity contribution in [1.29, 1.82) is 0 Å². The van der Waals surface area contributed by atoms with Crippen molar-refractivity contribution in [3.63, 3.8) is 0 Å². The van der Waals surface area contributed by atoms with E-state index in [0.29, 0.717) is 101 Å². The van der Waals surface area contributed by atoms with Crippen LogP contribution < -0.4 is 16.0 Å². The van der Waals surface area contributed by atoms with Gasteiger partial charge in [-0.05, 0) is 204 Å². The lowest BCUT2D eigenvalue weighted by atomic mass is 10.1. The summed E-state index contributed by atoms with van der Waals surface area (Å²) in [6.45, 7) is 38.6. The normalized spacial score (nSPS) is 13.8. The number of carbonyl (C=O) groups is 5. The molecule has 4 fully saturated rings. The minimum Gasteiger partial charge on any atom is -0.378 e. The third-order valence-corrected chi connectivity index (χ3v) is 30.0. The minimum atomic E-state index is -0.183. The van der Waals surface area contributed by atoms with Gasteiger partial charge in [0.05, 0.1) is 153 Å². The molecule has 146 heavy (non-hydrogen) atoms. The number of thiophene rings is 5. The van der Waals surface area contributed by atoms with Crippen molar-refractivity contribution >= 4 is 86.2 Å². The zero-order valence-electron chi connectivity index (χ0n) is 85.6. The molecule has 36 nitrogen and oxygen atoms in total. The van der Waals surface area contributed by atoms with Crippen molar-refractivity contribution in [2.75, 3.05) is 139 Å². The molecule has 3 N–H and O–H groups in total. The fraction of sp³-hybridized carbons (Fsp3) is 0.429. The van der Waals surface area contributed by atoms with Crippen molar-refractivity contribution in [2.45, 2.75) is 153 Å². The van der Waals surface area contributed by atoms with Gasteiger partial charge in [0, 0.05) is 142 Å². The smallest absolute Gasteiger partial charge is 0.257 e. The lowest BCUT2D eigenvalue weighted by Gasteiger charge is -2.34. The first-order valence-electron chi connectivity index (χ1n) is 50.1. The lowest BCUT2D eigenvalue weighted by Crippen LogP contribution is -2.48. The van der Waals surface area contributed by atoms with E-state index in [9.17, 15) is 24.0 Å². The Hall–Kier alpha value is -12.9. The van der Waals surface area contributed by atoms with E-state index in [2.05, 4.69) is 167 Å². The predicted octanol–water partition coefficient (Wildman–Crippen LogP) is 16.5. The molecule has 0 aromatic carbocycles. The summed E-state index contributed by atoms with van der Waals surface area (Å²) in [7, 11) is 5.20. The summed E-state index contributed by atoms with van der Waals surface area (Å²) in [5, 5.41) is 41.3.